The van der Waals surface area contributed by atoms with Crippen LogP contribution >= 0.6 is 0 Å². The molecule has 0 aromatic heterocycles. The second-order valence-corrected chi connectivity index (χ2v) is 6.98. The fourth-order valence-electron chi connectivity index (χ4n) is 4.18. The first-order valence-electron chi connectivity index (χ1n) is 9.56. The Morgan fingerprint density at radius 1 is 0.793 bits per heavy atom. The molecule has 1 atom stereocenters. The van der Waals surface area contributed by atoms with Crippen LogP contribution in [0.15, 0.2) is 91.0 Å². The fourth-order valence-corrected chi connectivity index (χ4v) is 4.18. The maximum Gasteiger partial charge on any atom is 0.411 e. The van der Waals surface area contributed by atoms with E-state index in [0.29, 0.717) is 0 Å². The topological polar surface area (TPSA) is 29.5 Å². The number of hydrogen-bond donors (Lipinski definition) is 0. The zero-order chi connectivity index (χ0) is 20.3. The quantitative estimate of drug-likeness (QED) is 0.539. The summed E-state index contributed by atoms with van der Waals surface area (Å²) < 4.78 is 33.6. The lowest BCUT2D eigenvalue weighted by atomic mass is 9.74. The Balaban J connectivity index is 2.09. The Hall–Kier alpha value is -3.21. The van der Waals surface area contributed by atoms with Crippen LogP contribution < -0.4 is 0 Å². The predicted molar refractivity (Wildman–Crippen MR) is 107 cm³/mol. The number of benzene rings is 3. The van der Waals surface area contributed by atoms with Crippen molar-refractivity contribution >= 4 is 6.09 Å². The summed E-state index contributed by atoms with van der Waals surface area (Å²) in [6.45, 7) is -0.0151. The average molecular weight is 393 g/mol. The van der Waals surface area contributed by atoms with Crippen LogP contribution in [0.25, 0.3) is 0 Å². The maximum absolute atomic E-state index is 14.2. The Bertz CT molecular complexity index is 852. The largest absolute Gasteiger partial charge is 0.449 e. The lowest BCUT2D eigenvalue weighted by Gasteiger charge is -2.49. The molecule has 1 fully saturated rings. The lowest BCUT2D eigenvalue weighted by Crippen LogP contribution is -2.60. The number of ether oxygens (including phenoxy) is 1. The highest BCUT2D eigenvalue weighted by atomic mass is 19.3. The van der Waals surface area contributed by atoms with Crippen molar-refractivity contribution in [3.63, 3.8) is 0 Å². The zero-order valence-corrected chi connectivity index (χ0v) is 15.7. The summed E-state index contributed by atoms with van der Waals surface area (Å²) in [5, 5.41) is 0. The minimum atomic E-state index is -2.70. The summed E-state index contributed by atoms with van der Waals surface area (Å²) in [4.78, 5) is 14.3. The summed E-state index contributed by atoms with van der Waals surface area (Å²) in [6, 6.07) is 26.6. The van der Waals surface area contributed by atoms with Crippen LogP contribution in [-0.4, -0.2) is 30.1 Å². The number of alkyl halides is 2. The number of halogens is 2. The standard InChI is InChI=1S/C24H21F2NO2/c25-22(26)21-16-17-29-23(28)27(21)24(18-10-4-1-5-11-18,19-12-6-2-7-13-19)20-14-8-3-9-15-20/h1-15,21-22H,16-17H2/t21-/m0/s1. The highest BCUT2D eigenvalue weighted by Gasteiger charge is 2.52. The van der Waals surface area contributed by atoms with Crippen molar-refractivity contribution in [1.82, 2.24) is 4.90 Å². The predicted octanol–water partition coefficient (Wildman–Crippen LogP) is 5.45. The molecule has 1 amide bonds. The normalized spacial score (nSPS) is 17.3. The third-order valence-corrected chi connectivity index (χ3v) is 5.39. The van der Waals surface area contributed by atoms with Crippen LogP contribution in [0.4, 0.5) is 13.6 Å². The maximum atomic E-state index is 14.2. The Morgan fingerprint density at radius 2 is 1.21 bits per heavy atom. The van der Waals surface area contributed by atoms with E-state index >= 15 is 0 Å². The van der Waals surface area contributed by atoms with Crippen molar-refractivity contribution in [1.29, 1.82) is 0 Å². The van der Waals surface area contributed by atoms with Gasteiger partial charge in [-0.15, -0.1) is 0 Å². The van der Waals surface area contributed by atoms with Crippen molar-refractivity contribution in [2.75, 3.05) is 6.61 Å². The van der Waals surface area contributed by atoms with E-state index in [4.69, 9.17) is 4.74 Å². The van der Waals surface area contributed by atoms with E-state index in [1.807, 2.05) is 91.0 Å². The molecule has 0 saturated carbocycles. The highest BCUT2D eigenvalue weighted by molar-refractivity contribution is 5.73. The van der Waals surface area contributed by atoms with Gasteiger partial charge >= 0.3 is 6.09 Å². The van der Waals surface area contributed by atoms with Crippen LogP contribution in [0.5, 0.6) is 0 Å². The van der Waals surface area contributed by atoms with Crippen molar-refractivity contribution < 1.29 is 18.3 Å². The minimum absolute atomic E-state index is 0.0151. The number of cyclic esters (lactones) is 1. The van der Waals surface area contributed by atoms with Crippen LogP contribution in [0.2, 0.25) is 0 Å². The molecule has 1 heterocycles. The van der Waals surface area contributed by atoms with E-state index in [1.54, 1.807) is 0 Å². The molecule has 0 aliphatic carbocycles. The van der Waals surface area contributed by atoms with E-state index in [2.05, 4.69) is 0 Å². The molecule has 0 N–H and O–H groups in total. The van der Waals surface area contributed by atoms with Crippen molar-refractivity contribution in [2.45, 2.75) is 24.4 Å². The molecule has 1 aliphatic rings. The van der Waals surface area contributed by atoms with Gasteiger partial charge in [-0.25, -0.2) is 13.6 Å². The van der Waals surface area contributed by atoms with E-state index in [9.17, 15) is 13.6 Å². The summed E-state index contributed by atoms with van der Waals surface area (Å²) in [6.07, 6.45) is -3.37. The molecular weight excluding hydrogens is 372 g/mol. The Morgan fingerprint density at radius 3 is 1.59 bits per heavy atom. The minimum Gasteiger partial charge on any atom is -0.449 e. The van der Waals surface area contributed by atoms with Gasteiger partial charge in [0.2, 0.25) is 0 Å². The molecule has 29 heavy (non-hydrogen) atoms. The Labute approximate surface area is 168 Å². The molecule has 4 rings (SSSR count). The smallest absolute Gasteiger partial charge is 0.411 e. The van der Waals surface area contributed by atoms with E-state index in [1.165, 1.54) is 4.90 Å². The molecule has 3 aromatic rings. The molecule has 3 nitrogen and oxygen atoms in total. The van der Waals surface area contributed by atoms with Crippen molar-refractivity contribution in [3.05, 3.63) is 108 Å². The average Bonchev–Trinajstić information content (AvgIpc) is 2.77. The molecule has 5 heteroatoms. The van der Waals surface area contributed by atoms with Gasteiger partial charge < -0.3 is 4.74 Å². The first-order valence-corrected chi connectivity index (χ1v) is 9.56. The van der Waals surface area contributed by atoms with E-state index in [-0.39, 0.29) is 13.0 Å². The van der Waals surface area contributed by atoms with Gasteiger partial charge in [0.1, 0.15) is 11.6 Å². The van der Waals surface area contributed by atoms with Gasteiger partial charge in [-0.05, 0) is 16.7 Å². The molecule has 1 aliphatic heterocycles. The van der Waals surface area contributed by atoms with E-state index in [0.717, 1.165) is 16.7 Å². The molecule has 148 valence electrons. The number of carbonyl (C=O) groups is 1. The molecule has 3 aromatic carbocycles. The van der Waals surface area contributed by atoms with Crippen molar-refractivity contribution in [2.24, 2.45) is 0 Å². The third-order valence-electron chi connectivity index (χ3n) is 5.39. The second-order valence-electron chi connectivity index (χ2n) is 6.98. The summed E-state index contributed by atoms with van der Waals surface area (Å²) >= 11 is 0. The number of carbonyl (C=O) groups excluding carboxylic acids is 1. The molecule has 0 radical (unpaired) electrons. The lowest BCUT2D eigenvalue weighted by molar-refractivity contribution is -0.0495. The molecule has 1 saturated heterocycles. The first-order chi connectivity index (χ1) is 14.2. The summed E-state index contributed by atoms with van der Waals surface area (Å²) in [5.41, 5.74) is 0.924. The van der Waals surface area contributed by atoms with Gasteiger partial charge in [-0.3, -0.25) is 4.90 Å². The number of rotatable bonds is 5. The van der Waals surface area contributed by atoms with Gasteiger partial charge in [-0.2, -0.15) is 0 Å². The van der Waals surface area contributed by atoms with Crippen LogP contribution in [0.1, 0.15) is 23.1 Å². The fraction of sp³-hybridized carbons (Fsp3) is 0.208. The number of amides is 1. The summed E-state index contributed by atoms with van der Waals surface area (Å²) in [7, 11) is 0. The van der Waals surface area contributed by atoms with Crippen LogP contribution in [0.3, 0.4) is 0 Å². The van der Waals surface area contributed by atoms with Gasteiger partial charge in [0.15, 0.2) is 0 Å². The van der Waals surface area contributed by atoms with Gasteiger partial charge in [0, 0.05) is 6.42 Å². The molecule has 0 spiro atoms. The van der Waals surface area contributed by atoms with Crippen LogP contribution in [-0.2, 0) is 10.3 Å². The molecule has 0 unspecified atom stereocenters. The van der Waals surface area contributed by atoms with Gasteiger partial charge in [0.25, 0.3) is 6.43 Å². The SMILES string of the molecule is O=C1OCC[C@@H](C(F)F)N1C(c1ccccc1)(c1ccccc1)c1ccccc1. The zero-order valence-electron chi connectivity index (χ0n) is 15.7. The first kappa shape index (κ1) is 19.1. The van der Waals surface area contributed by atoms with Gasteiger partial charge in [0.05, 0.1) is 6.61 Å². The second kappa shape index (κ2) is 8.03. The number of nitrogens with zero attached hydrogens (tertiary/aromatic N) is 1. The number of hydrogen-bond acceptors (Lipinski definition) is 2. The van der Waals surface area contributed by atoms with Crippen LogP contribution in [0, 0.1) is 0 Å². The van der Waals surface area contributed by atoms with E-state index < -0.39 is 24.1 Å². The summed E-state index contributed by atoms with van der Waals surface area (Å²) in [5.74, 6) is 0. The van der Waals surface area contributed by atoms with Gasteiger partial charge in [-0.1, -0.05) is 91.0 Å². The monoisotopic (exact) mass is 393 g/mol. The Kier molecular flexibility index (Phi) is 5.30. The molecular formula is C24H21F2NO2. The van der Waals surface area contributed by atoms with Crippen molar-refractivity contribution in [3.8, 4) is 0 Å². The molecule has 0 bridgehead atoms. The third kappa shape index (κ3) is 3.27. The highest BCUT2D eigenvalue weighted by Crippen LogP contribution is 2.45.